The molecule has 0 saturated heterocycles. The number of benzene rings is 2. The van der Waals surface area contributed by atoms with Gasteiger partial charge in [0.25, 0.3) is 11.8 Å². The van der Waals surface area contributed by atoms with Gasteiger partial charge in [0.2, 0.25) is 0 Å². The van der Waals surface area contributed by atoms with Crippen LogP contribution in [0.4, 0.5) is 24.0 Å². The zero-order valence-corrected chi connectivity index (χ0v) is 22.9. The van der Waals surface area contributed by atoms with E-state index in [2.05, 4.69) is 20.9 Å². The van der Waals surface area contributed by atoms with Crippen LogP contribution in [-0.4, -0.2) is 42.2 Å². The van der Waals surface area contributed by atoms with Crippen LogP contribution >= 0.6 is 11.3 Å². The first-order valence-corrected chi connectivity index (χ1v) is 13.6. The number of carbonyl (C=O) groups is 2. The van der Waals surface area contributed by atoms with Crippen molar-refractivity contribution >= 4 is 34.0 Å². The lowest BCUT2D eigenvalue weighted by molar-refractivity contribution is -0.133. The van der Waals surface area contributed by atoms with Crippen molar-refractivity contribution in [3.8, 4) is 11.8 Å². The number of amides is 2. The van der Waals surface area contributed by atoms with Gasteiger partial charge in [-0.1, -0.05) is 19.9 Å². The summed E-state index contributed by atoms with van der Waals surface area (Å²) in [4.78, 5) is 30.4. The molecular weight excluding hydrogens is 543 g/mol. The number of alkyl halides is 3. The summed E-state index contributed by atoms with van der Waals surface area (Å²) in [5.41, 5.74) is 2.17. The number of nitrogens with one attached hydrogen (secondary N) is 3. The topological polar surface area (TPSA) is 116 Å². The maximum Gasteiger partial charge on any atom is 0.390 e. The molecule has 12 heteroatoms. The number of nitrogens with zero attached hydrogens (tertiary/aromatic N) is 2. The second kappa shape index (κ2) is 14.4. The molecule has 1 atom stereocenters. The van der Waals surface area contributed by atoms with Gasteiger partial charge in [0.1, 0.15) is 5.75 Å². The Hall–Kier alpha value is -3.95. The monoisotopic (exact) mass is 573 g/mol. The Kier molecular flexibility index (Phi) is 11.0. The van der Waals surface area contributed by atoms with Crippen LogP contribution in [0.5, 0.6) is 5.75 Å². The number of nitriles is 1. The second-order valence-corrected chi connectivity index (χ2v) is 9.74. The summed E-state index contributed by atoms with van der Waals surface area (Å²) in [7, 11) is 0. The summed E-state index contributed by atoms with van der Waals surface area (Å²) in [5.74, 6) is -0.466. The highest BCUT2D eigenvalue weighted by molar-refractivity contribution is 7.15. The molecule has 2 aromatic carbocycles. The zero-order chi connectivity index (χ0) is 29.1. The average Bonchev–Trinajstić information content (AvgIpc) is 3.34. The Morgan fingerprint density at radius 1 is 1.15 bits per heavy atom. The largest absolute Gasteiger partial charge is 0.484 e. The van der Waals surface area contributed by atoms with Gasteiger partial charge in [-0.15, -0.1) is 11.3 Å². The fourth-order valence-corrected chi connectivity index (χ4v) is 4.97. The van der Waals surface area contributed by atoms with Gasteiger partial charge >= 0.3 is 6.18 Å². The highest BCUT2D eigenvalue weighted by Gasteiger charge is 2.28. The van der Waals surface area contributed by atoms with Gasteiger partial charge in [0, 0.05) is 28.7 Å². The summed E-state index contributed by atoms with van der Waals surface area (Å²) >= 11 is 1.32. The van der Waals surface area contributed by atoms with Crippen molar-refractivity contribution in [3.05, 3.63) is 70.2 Å². The Morgan fingerprint density at radius 2 is 1.90 bits per heavy atom. The van der Waals surface area contributed by atoms with E-state index >= 15 is 0 Å². The van der Waals surface area contributed by atoms with Crippen molar-refractivity contribution in [1.29, 1.82) is 5.26 Å². The van der Waals surface area contributed by atoms with Crippen molar-refractivity contribution in [2.24, 2.45) is 0 Å². The molecular formula is C28H30F3N5O3S. The molecule has 1 heterocycles. The van der Waals surface area contributed by atoms with Crippen LogP contribution < -0.4 is 20.7 Å². The van der Waals surface area contributed by atoms with Crippen LogP contribution in [0, 0.1) is 11.3 Å². The molecule has 0 aliphatic heterocycles. The van der Waals surface area contributed by atoms with E-state index in [-0.39, 0.29) is 19.2 Å². The minimum atomic E-state index is -4.18. The third-order valence-corrected chi connectivity index (χ3v) is 6.80. The maximum absolute atomic E-state index is 12.8. The van der Waals surface area contributed by atoms with Crippen LogP contribution in [0.15, 0.2) is 48.5 Å². The predicted octanol–water partition coefficient (Wildman–Crippen LogP) is 5.71. The summed E-state index contributed by atoms with van der Waals surface area (Å²) in [6, 6.07) is 14.7. The maximum atomic E-state index is 12.8. The molecule has 3 N–H and O–H groups in total. The summed E-state index contributed by atoms with van der Waals surface area (Å²) in [5, 5.41) is 17.6. The number of fused-ring (bicyclic) bond motifs is 1. The third-order valence-electron chi connectivity index (χ3n) is 5.77. The molecule has 212 valence electrons. The van der Waals surface area contributed by atoms with Gasteiger partial charge in [0.05, 0.1) is 23.7 Å². The normalized spacial score (nSPS) is 14.2. The molecule has 0 bridgehead atoms. The van der Waals surface area contributed by atoms with Crippen LogP contribution in [0.3, 0.4) is 0 Å². The molecule has 0 radical (unpaired) electrons. The molecule has 0 fully saturated rings. The molecule has 0 saturated carbocycles. The molecule has 40 heavy (non-hydrogen) atoms. The Balaban J connectivity index is 0.00000216. The minimum absolute atomic E-state index is 0.0585. The molecule has 1 unspecified atom stereocenters. The highest BCUT2D eigenvalue weighted by atomic mass is 32.1. The summed E-state index contributed by atoms with van der Waals surface area (Å²) < 4.78 is 42.7. The van der Waals surface area contributed by atoms with Gasteiger partial charge in [-0.05, 0) is 61.7 Å². The first-order chi connectivity index (χ1) is 19.2. The molecule has 3 aromatic rings. The summed E-state index contributed by atoms with van der Waals surface area (Å²) in [6.45, 7) is 3.60. The van der Waals surface area contributed by atoms with E-state index in [0.717, 1.165) is 10.6 Å². The lowest BCUT2D eigenvalue weighted by Crippen LogP contribution is -2.36. The van der Waals surface area contributed by atoms with E-state index in [1.807, 2.05) is 19.9 Å². The third kappa shape index (κ3) is 9.36. The van der Waals surface area contributed by atoms with Gasteiger partial charge in [-0.2, -0.15) is 18.4 Å². The molecule has 1 aliphatic carbocycles. The molecule has 1 aliphatic rings. The number of aryl methyl sites for hydroxylation is 1. The van der Waals surface area contributed by atoms with Crippen molar-refractivity contribution in [2.45, 2.75) is 51.7 Å². The van der Waals surface area contributed by atoms with Gasteiger partial charge in [-0.25, -0.2) is 4.98 Å². The van der Waals surface area contributed by atoms with Crippen LogP contribution in [0.2, 0.25) is 0 Å². The van der Waals surface area contributed by atoms with Crippen LogP contribution in [0.25, 0.3) is 0 Å². The summed E-state index contributed by atoms with van der Waals surface area (Å²) in [6.07, 6.45) is -3.19. The van der Waals surface area contributed by atoms with E-state index < -0.39 is 24.4 Å². The molecule has 4 rings (SSSR count). The second-order valence-electron chi connectivity index (χ2n) is 8.66. The zero-order valence-electron chi connectivity index (χ0n) is 22.1. The number of rotatable bonds is 9. The number of carbonyl (C=O) groups excluding carboxylic acids is 2. The number of hydrogen-bond acceptors (Lipinski definition) is 7. The highest BCUT2D eigenvalue weighted by Crippen LogP contribution is 2.30. The van der Waals surface area contributed by atoms with Crippen LogP contribution in [0.1, 0.15) is 53.2 Å². The molecule has 8 nitrogen and oxygen atoms in total. The predicted molar refractivity (Wildman–Crippen MR) is 148 cm³/mol. The number of thiazole rings is 1. The Labute approximate surface area is 234 Å². The van der Waals surface area contributed by atoms with E-state index in [1.54, 1.807) is 42.5 Å². The standard InChI is InChI=1S/C26H24F3N5O3S.C2H6/c27-26(28,29)10-11-31-19-8-9-21-22(13-19)38-25(33-21)34-24(36)17-2-1-3-20(12-17)37-15-23(35)32-18-6-4-16(14-30)5-7-18;1-2/h1-7,12,19,31H,8-11,13,15H2,(H,32,35)(H,33,34,36);1-2H3. The van der Waals surface area contributed by atoms with Gasteiger partial charge in [0.15, 0.2) is 11.7 Å². The van der Waals surface area contributed by atoms with Gasteiger partial charge < -0.3 is 15.4 Å². The molecule has 0 spiro atoms. The number of hydrogen-bond donors (Lipinski definition) is 3. The van der Waals surface area contributed by atoms with Crippen molar-refractivity contribution in [3.63, 3.8) is 0 Å². The van der Waals surface area contributed by atoms with Gasteiger partial charge in [-0.3, -0.25) is 14.9 Å². The number of aromatic nitrogens is 1. The van der Waals surface area contributed by atoms with E-state index in [1.165, 1.54) is 17.4 Å². The smallest absolute Gasteiger partial charge is 0.390 e. The van der Waals surface area contributed by atoms with Crippen molar-refractivity contribution in [1.82, 2.24) is 10.3 Å². The number of halogens is 3. The Bertz CT molecular complexity index is 1340. The molecule has 2 amide bonds. The quantitative estimate of drug-likeness (QED) is 0.302. The van der Waals surface area contributed by atoms with Crippen molar-refractivity contribution in [2.75, 3.05) is 23.8 Å². The average molecular weight is 574 g/mol. The first-order valence-electron chi connectivity index (χ1n) is 12.8. The minimum Gasteiger partial charge on any atom is -0.484 e. The van der Waals surface area contributed by atoms with Crippen molar-refractivity contribution < 1.29 is 27.5 Å². The van der Waals surface area contributed by atoms with E-state index in [0.29, 0.717) is 47.0 Å². The first kappa shape index (κ1) is 30.6. The molecule has 1 aromatic heterocycles. The number of ether oxygens (including phenoxy) is 1. The van der Waals surface area contributed by atoms with E-state index in [4.69, 9.17) is 10.00 Å². The van der Waals surface area contributed by atoms with E-state index in [9.17, 15) is 22.8 Å². The fraction of sp³-hybridized carbons (Fsp3) is 0.357. The lowest BCUT2D eigenvalue weighted by Gasteiger charge is -2.22. The number of anilines is 2. The lowest BCUT2D eigenvalue weighted by atomic mass is 9.97. The van der Waals surface area contributed by atoms with Crippen LogP contribution in [-0.2, 0) is 17.6 Å². The Morgan fingerprint density at radius 3 is 2.60 bits per heavy atom. The fourth-order valence-electron chi connectivity index (χ4n) is 3.89. The SMILES string of the molecule is CC.N#Cc1ccc(NC(=O)COc2cccc(C(=O)Nc3nc4c(s3)CC(NCCC(F)(F)F)CC4)c2)cc1.